The van der Waals surface area contributed by atoms with Crippen molar-refractivity contribution in [3.63, 3.8) is 0 Å². The van der Waals surface area contributed by atoms with Crippen molar-refractivity contribution in [3.05, 3.63) is 53.3 Å². The summed E-state index contributed by atoms with van der Waals surface area (Å²) < 4.78 is 44.2. The second kappa shape index (κ2) is 7.42. The van der Waals surface area contributed by atoms with Gasteiger partial charge in [-0.1, -0.05) is 24.3 Å². The maximum Gasteiger partial charge on any atom is 0.435 e. The SMILES string of the molecule is CCOC(=O)C1C(=O)NCC1c1cccc(Cn2ccc(C(F)(F)F)n2)c1. The summed E-state index contributed by atoms with van der Waals surface area (Å²) in [5, 5.41) is 6.20. The number of nitrogens with one attached hydrogen (secondary N) is 1. The predicted octanol–water partition coefficient (Wildman–Crippen LogP) is 2.34. The van der Waals surface area contributed by atoms with Gasteiger partial charge < -0.3 is 10.1 Å². The van der Waals surface area contributed by atoms with E-state index in [0.717, 1.165) is 11.6 Å². The van der Waals surface area contributed by atoms with Crippen LogP contribution in [-0.2, 0) is 27.0 Å². The van der Waals surface area contributed by atoms with E-state index in [4.69, 9.17) is 4.74 Å². The lowest BCUT2D eigenvalue weighted by Crippen LogP contribution is -2.29. The molecule has 2 heterocycles. The molecule has 0 spiro atoms. The molecule has 1 aromatic heterocycles. The first kappa shape index (κ1) is 18.9. The highest BCUT2D eigenvalue weighted by Gasteiger charge is 2.42. The van der Waals surface area contributed by atoms with Gasteiger partial charge in [-0.2, -0.15) is 18.3 Å². The molecule has 0 saturated carbocycles. The van der Waals surface area contributed by atoms with Crippen LogP contribution in [0.1, 0.15) is 29.7 Å². The molecular weight excluding hydrogens is 363 g/mol. The fraction of sp³-hybridized carbons (Fsp3) is 0.389. The Balaban J connectivity index is 1.80. The molecule has 2 unspecified atom stereocenters. The summed E-state index contributed by atoms with van der Waals surface area (Å²) in [7, 11) is 0. The van der Waals surface area contributed by atoms with Gasteiger partial charge in [0.05, 0.1) is 13.2 Å². The van der Waals surface area contributed by atoms with E-state index in [1.54, 1.807) is 31.2 Å². The summed E-state index contributed by atoms with van der Waals surface area (Å²) in [4.78, 5) is 24.1. The molecule has 0 bridgehead atoms. The fourth-order valence-corrected chi connectivity index (χ4v) is 3.14. The fourth-order valence-electron chi connectivity index (χ4n) is 3.14. The van der Waals surface area contributed by atoms with E-state index in [-0.39, 0.29) is 25.0 Å². The number of carbonyl (C=O) groups excluding carboxylic acids is 2. The summed E-state index contributed by atoms with van der Waals surface area (Å²) in [6.45, 7) is 2.28. The summed E-state index contributed by atoms with van der Waals surface area (Å²) >= 11 is 0. The number of hydrogen-bond acceptors (Lipinski definition) is 4. The van der Waals surface area contributed by atoms with Crippen molar-refractivity contribution in [1.29, 1.82) is 0 Å². The highest BCUT2D eigenvalue weighted by atomic mass is 19.4. The Morgan fingerprint density at radius 3 is 2.81 bits per heavy atom. The maximum absolute atomic E-state index is 12.7. The minimum Gasteiger partial charge on any atom is -0.465 e. The van der Waals surface area contributed by atoms with E-state index >= 15 is 0 Å². The Morgan fingerprint density at radius 1 is 1.37 bits per heavy atom. The van der Waals surface area contributed by atoms with Gasteiger partial charge >= 0.3 is 12.1 Å². The van der Waals surface area contributed by atoms with Crippen molar-refractivity contribution in [1.82, 2.24) is 15.1 Å². The van der Waals surface area contributed by atoms with Crippen LogP contribution in [-0.4, -0.2) is 34.8 Å². The van der Waals surface area contributed by atoms with Gasteiger partial charge in [0.1, 0.15) is 5.92 Å². The van der Waals surface area contributed by atoms with Crippen LogP contribution in [0.5, 0.6) is 0 Å². The number of nitrogens with zero attached hydrogens (tertiary/aromatic N) is 2. The Hall–Kier alpha value is -2.84. The van der Waals surface area contributed by atoms with Crippen LogP contribution in [0, 0.1) is 5.92 Å². The number of halogens is 3. The number of alkyl halides is 3. The van der Waals surface area contributed by atoms with Gasteiger partial charge in [0.15, 0.2) is 5.69 Å². The van der Waals surface area contributed by atoms with Crippen molar-refractivity contribution < 1.29 is 27.5 Å². The number of aromatic nitrogens is 2. The molecule has 144 valence electrons. The van der Waals surface area contributed by atoms with Crippen LogP contribution >= 0.6 is 0 Å². The second-order valence-electron chi connectivity index (χ2n) is 6.22. The molecule has 9 heteroatoms. The average molecular weight is 381 g/mol. The van der Waals surface area contributed by atoms with E-state index in [0.29, 0.717) is 12.1 Å². The Bertz CT molecular complexity index is 848. The quantitative estimate of drug-likeness (QED) is 0.637. The van der Waals surface area contributed by atoms with E-state index in [2.05, 4.69) is 10.4 Å². The molecule has 6 nitrogen and oxygen atoms in total. The Kier molecular flexibility index (Phi) is 5.20. The highest BCUT2D eigenvalue weighted by molar-refractivity contribution is 6.00. The number of hydrogen-bond donors (Lipinski definition) is 1. The third-order valence-corrected chi connectivity index (χ3v) is 4.38. The van der Waals surface area contributed by atoms with Crippen LogP contribution in [0.4, 0.5) is 13.2 Å². The average Bonchev–Trinajstić information content (AvgIpc) is 3.22. The Labute approximate surface area is 153 Å². The summed E-state index contributed by atoms with van der Waals surface area (Å²) in [5.41, 5.74) is 0.505. The van der Waals surface area contributed by atoms with Crippen molar-refractivity contribution in [2.75, 3.05) is 13.2 Å². The normalized spacial score (nSPS) is 19.8. The second-order valence-corrected chi connectivity index (χ2v) is 6.22. The van der Waals surface area contributed by atoms with Crippen LogP contribution in [0.15, 0.2) is 36.5 Å². The number of rotatable bonds is 5. The highest BCUT2D eigenvalue weighted by Crippen LogP contribution is 2.31. The zero-order valence-electron chi connectivity index (χ0n) is 14.5. The molecule has 1 saturated heterocycles. The topological polar surface area (TPSA) is 73.2 Å². The molecule has 1 aliphatic rings. The minimum absolute atomic E-state index is 0.141. The van der Waals surface area contributed by atoms with Gasteiger partial charge in [0.2, 0.25) is 5.91 Å². The van der Waals surface area contributed by atoms with Gasteiger partial charge in [0, 0.05) is 18.7 Å². The van der Waals surface area contributed by atoms with E-state index < -0.39 is 23.8 Å². The van der Waals surface area contributed by atoms with Crippen LogP contribution < -0.4 is 5.32 Å². The molecule has 3 rings (SSSR count). The largest absolute Gasteiger partial charge is 0.465 e. The Morgan fingerprint density at radius 2 is 2.15 bits per heavy atom. The van der Waals surface area contributed by atoms with Gasteiger partial charge in [-0.3, -0.25) is 14.3 Å². The van der Waals surface area contributed by atoms with E-state index in [1.807, 2.05) is 0 Å². The number of amides is 1. The van der Waals surface area contributed by atoms with Crippen molar-refractivity contribution in [3.8, 4) is 0 Å². The van der Waals surface area contributed by atoms with Crippen molar-refractivity contribution >= 4 is 11.9 Å². The van der Waals surface area contributed by atoms with Crippen LogP contribution in [0.25, 0.3) is 0 Å². The molecule has 27 heavy (non-hydrogen) atoms. The lowest BCUT2D eigenvalue weighted by Gasteiger charge is -2.16. The number of ether oxygens (including phenoxy) is 1. The maximum atomic E-state index is 12.7. The third-order valence-electron chi connectivity index (χ3n) is 4.38. The first-order chi connectivity index (χ1) is 12.8. The monoisotopic (exact) mass is 381 g/mol. The lowest BCUT2D eigenvalue weighted by molar-refractivity contribution is -0.151. The molecule has 2 atom stereocenters. The zero-order chi connectivity index (χ0) is 19.6. The molecule has 1 N–H and O–H groups in total. The lowest BCUT2D eigenvalue weighted by atomic mass is 9.88. The van der Waals surface area contributed by atoms with Gasteiger partial charge in [-0.05, 0) is 24.1 Å². The molecule has 1 fully saturated rings. The van der Waals surface area contributed by atoms with E-state index in [9.17, 15) is 22.8 Å². The van der Waals surface area contributed by atoms with Gasteiger partial charge in [0.25, 0.3) is 0 Å². The summed E-state index contributed by atoms with van der Waals surface area (Å²) in [6.07, 6.45) is -3.23. The van der Waals surface area contributed by atoms with Crippen LogP contribution in [0.3, 0.4) is 0 Å². The first-order valence-corrected chi connectivity index (χ1v) is 8.43. The van der Waals surface area contributed by atoms with Crippen molar-refractivity contribution in [2.24, 2.45) is 5.92 Å². The smallest absolute Gasteiger partial charge is 0.435 e. The molecule has 0 radical (unpaired) electrons. The van der Waals surface area contributed by atoms with Gasteiger partial charge in [-0.15, -0.1) is 0 Å². The molecule has 1 aromatic carbocycles. The molecule has 0 aliphatic carbocycles. The van der Waals surface area contributed by atoms with Crippen molar-refractivity contribution in [2.45, 2.75) is 25.6 Å². The summed E-state index contributed by atoms with van der Waals surface area (Å²) in [6, 6.07) is 7.96. The number of benzene rings is 1. The molecule has 2 aromatic rings. The van der Waals surface area contributed by atoms with Crippen LogP contribution in [0.2, 0.25) is 0 Å². The van der Waals surface area contributed by atoms with E-state index in [1.165, 1.54) is 10.9 Å². The number of esters is 1. The predicted molar refractivity (Wildman–Crippen MR) is 88.6 cm³/mol. The third kappa shape index (κ3) is 4.12. The zero-order valence-corrected chi connectivity index (χ0v) is 14.5. The first-order valence-electron chi connectivity index (χ1n) is 8.43. The van der Waals surface area contributed by atoms with Gasteiger partial charge in [-0.25, -0.2) is 0 Å². The minimum atomic E-state index is -4.49. The molecule has 1 aliphatic heterocycles. The number of carbonyl (C=O) groups is 2. The standard InChI is InChI=1S/C18H18F3N3O3/c1-2-27-17(26)15-13(9-22-16(15)25)12-5-3-4-11(8-12)10-24-7-6-14(23-24)18(19,20)21/h3-8,13,15H,2,9-10H2,1H3,(H,22,25). The molecular formula is C18H18F3N3O3. The molecule has 1 amide bonds. The summed E-state index contributed by atoms with van der Waals surface area (Å²) in [5.74, 6) is -2.28.